The van der Waals surface area contributed by atoms with Gasteiger partial charge in [0.2, 0.25) is 0 Å². The molecule has 0 aliphatic carbocycles. The number of halogens is 1. The Kier molecular flexibility index (Phi) is 3.30. The van der Waals surface area contributed by atoms with Crippen molar-refractivity contribution in [2.75, 3.05) is 26.3 Å². The van der Waals surface area contributed by atoms with Crippen LogP contribution in [0.25, 0.3) is 0 Å². The van der Waals surface area contributed by atoms with E-state index in [1.54, 1.807) is 4.90 Å². The Balaban J connectivity index is 1.92. The minimum absolute atomic E-state index is 0.0903. The third-order valence-corrected chi connectivity index (χ3v) is 3.47. The van der Waals surface area contributed by atoms with Crippen LogP contribution in [0.3, 0.4) is 0 Å². The van der Waals surface area contributed by atoms with Gasteiger partial charge in [-0.2, -0.15) is 0 Å². The molecule has 3 atom stereocenters. The number of amides is 1. The number of rotatable bonds is 1. The lowest BCUT2D eigenvalue weighted by Gasteiger charge is -2.25. The molecule has 0 radical (unpaired) electrons. The fraction of sp³-hybridized carbons (Fsp3) is 0.917. The molecule has 0 bridgehead atoms. The average molecular weight is 244 g/mol. The molecule has 3 unspecified atom stereocenters. The molecule has 0 aromatic rings. The number of fused-ring (bicyclic) bond motifs is 1. The van der Waals surface area contributed by atoms with Crippen LogP contribution < -0.4 is 5.32 Å². The smallest absolute Gasteiger partial charge is 0.410 e. The number of carbonyl (C=O) groups is 1. The minimum Gasteiger partial charge on any atom is -0.444 e. The Morgan fingerprint density at radius 3 is 2.76 bits per heavy atom. The zero-order valence-corrected chi connectivity index (χ0v) is 10.7. The van der Waals surface area contributed by atoms with Crippen LogP contribution in [0.2, 0.25) is 0 Å². The van der Waals surface area contributed by atoms with Crippen LogP contribution in [0.5, 0.6) is 0 Å². The molecule has 4 nitrogen and oxygen atoms in total. The lowest BCUT2D eigenvalue weighted by molar-refractivity contribution is 0.0278. The predicted octanol–water partition coefficient (Wildman–Crippen LogP) is 1.41. The van der Waals surface area contributed by atoms with E-state index >= 15 is 0 Å². The Morgan fingerprint density at radius 1 is 1.47 bits per heavy atom. The van der Waals surface area contributed by atoms with Crippen LogP contribution in [-0.4, -0.2) is 48.9 Å². The van der Waals surface area contributed by atoms with E-state index in [0.29, 0.717) is 19.0 Å². The summed E-state index contributed by atoms with van der Waals surface area (Å²) in [5, 5.41) is 3.16. The maximum atomic E-state index is 12.7. The van der Waals surface area contributed by atoms with E-state index in [9.17, 15) is 9.18 Å². The van der Waals surface area contributed by atoms with Gasteiger partial charge in [-0.3, -0.25) is 0 Å². The number of hydrogen-bond donors (Lipinski definition) is 1. The first kappa shape index (κ1) is 12.6. The lowest BCUT2D eigenvalue weighted by Crippen LogP contribution is -2.39. The first-order valence-electron chi connectivity index (χ1n) is 6.18. The fourth-order valence-electron chi connectivity index (χ4n) is 2.67. The Morgan fingerprint density at radius 2 is 2.18 bits per heavy atom. The van der Waals surface area contributed by atoms with Gasteiger partial charge >= 0.3 is 6.09 Å². The molecule has 0 aromatic heterocycles. The number of likely N-dealkylation sites (tertiary alicyclic amines) is 1. The van der Waals surface area contributed by atoms with Gasteiger partial charge < -0.3 is 15.0 Å². The highest BCUT2D eigenvalue weighted by atomic mass is 19.1. The van der Waals surface area contributed by atoms with Gasteiger partial charge in [-0.25, -0.2) is 9.18 Å². The minimum atomic E-state index is -0.466. The van der Waals surface area contributed by atoms with Crippen LogP contribution >= 0.6 is 0 Å². The highest BCUT2D eigenvalue weighted by molar-refractivity contribution is 5.68. The number of carbonyl (C=O) groups excluding carboxylic acids is 1. The van der Waals surface area contributed by atoms with Gasteiger partial charge in [0.15, 0.2) is 0 Å². The summed E-state index contributed by atoms with van der Waals surface area (Å²) in [5.41, 5.74) is -0.466. The summed E-state index contributed by atoms with van der Waals surface area (Å²) < 4.78 is 18.1. The second-order valence-corrected chi connectivity index (χ2v) is 5.98. The molecule has 98 valence electrons. The molecule has 0 saturated carbocycles. The first-order valence-corrected chi connectivity index (χ1v) is 6.18. The van der Waals surface area contributed by atoms with E-state index in [1.165, 1.54) is 0 Å². The van der Waals surface area contributed by atoms with E-state index in [4.69, 9.17) is 4.74 Å². The van der Waals surface area contributed by atoms with Crippen molar-refractivity contribution in [3.63, 3.8) is 0 Å². The molecule has 2 aliphatic rings. The predicted molar refractivity (Wildman–Crippen MR) is 62.6 cm³/mol. The number of hydrogen-bond acceptors (Lipinski definition) is 3. The highest BCUT2D eigenvalue weighted by Gasteiger charge is 2.44. The number of alkyl halides is 1. The fourth-order valence-corrected chi connectivity index (χ4v) is 2.67. The van der Waals surface area contributed by atoms with Gasteiger partial charge in [-0.1, -0.05) is 0 Å². The Bertz CT molecular complexity index is 303. The number of nitrogens with zero attached hydrogens (tertiary/aromatic N) is 1. The summed E-state index contributed by atoms with van der Waals surface area (Å²) in [6.07, 6.45) is -0.274. The second kappa shape index (κ2) is 4.44. The number of ether oxygens (including phenoxy) is 1. The molecule has 2 fully saturated rings. The maximum absolute atomic E-state index is 12.7. The summed E-state index contributed by atoms with van der Waals surface area (Å²) in [5.74, 6) is 0.621. The van der Waals surface area contributed by atoms with Crippen molar-refractivity contribution in [3.05, 3.63) is 0 Å². The zero-order chi connectivity index (χ0) is 12.6. The monoisotopic (exact) mass is 244 g/mol. The van der Waals surface area contributed by atoms with Crippen LogP contribution in [0.15, 0.2) is 0 Å². The molecular weight excluding hydrogens is 223 g/mol. The Labute approximate surface area is 101 Å². The SMILES string of the molecule is CC(C)(C)OC(=O)N1CC2CNC(CF)C2C1. The average Bonchev–Trinajstić information content (AvgIpc) is 2.72. The van der Waals surface area contributed by atoms with E-state index in [1.807, 2.05) is 20.8 Å². The molecular formula is C12H21FN2O2. The molecule has 1 N–H and O–H groups in total. The van der Waals surface area contributed by atoms with Gasteiger partial charge in [-0.15, -0.1) is 0 Å². The summed E-state index contributed by atoms with van der Waals surface area (Å²) in [7, 11) is 0. The summed E-state index contributed by atoms with van der Waals surface area (Å²) >= 11 is 0. The van der Waals surface area contributed by atoms with Crippen molar-refractivity contribution in [1.82, 2.24) is 10.2 Å². The van der Waals surface area contributed by atoms with Crippen LogP contribution in [0.4, 0.5) is 9.18 Å². The van der Waals surface area contributed by atoms with Gasteiger partial charge in [-0.05, 0) is 26.7 Å². The van der Waals surface area contributed by atoms with Gasteiger partial charge in [0.05, 0.1) is 0 Å². The lowest BCUT2D eigenvalue weighted by atomic mass is 9.95. The summed E-state index contributed by atoms with van der Waals surface area (Å²) in [4.78, 5) is 13.6. The molecule has 5 heteroatoms. The third kappa shape index (κ3) is 2.70. The molecule has 2 aliphatic heterocycles. The van der Waals surface area contributed by atoms with Crippen molar-refractivity contribution < 1.29 is 13.9 Å². The molecule has 2 rings (SSSR count). The quantitative estimate of drug-likeness (QED) is 0.758. The van der Waals surface area contributed by atoms with E-state index in [0.717, 1.165) is 6.54 Å². The van der Waals surface area contributed by atoms with Gasteiger partial charge in [0.25, 0.3) is 0 Å². The normalized spacial score (nSPS) is 32.7. The Hall–Kier alpha value is -0.840. The van der Waals surface area contributed by atoms with Crippen molar-refractivity contribution in [2.24, 2.45) is 11.8 Å². The summed E-state index contributed by atoms with van der Waals surface area (Å²) in [6.45, 7) is 7.31. The van der Waals surface area contributed by atoms with Crippen LogP contribution in [0, 0.1) is 11.8 Å². The van der Waals surface area contributed by atoms with E-state index < -0.39 is 5.60 Å². The van der Waals surface area contributed by atoms with Crippen molar-refractivity contribution >= 4 is 6.09 Å². The first-order chi connectivity index (χ1) is 7.90. The maximum Gasteiger partial charge on any atom is 0.410 e. The zero-order valence-electron chi connectivity index (χ0n) is 10.7. The van der Waals surface area contributed by atoms with Crippen LogP contribution in [-0.2, 0) is 4.74 Å². The van der Waals surface area contributed by atoms with Gasteiger partial charge in [0, 0.05) is 31.6 Å². The molecule has 2 saturated heterocycles. The van der Waals surface area contributed by atoms with Gasteiger partial charge in [0.1, 0.15) is 12.3 Å². The van der Waals surface area contributed by atoms with Crippen molar-refractivity contribution in [2.45, 2.75) is 32.4 Å². The summed E-state index contributed by atoms with van der Waals surface area (Å²) in [6, 6.07) is -0.0903. The molecule has 17 heavy (non-hydrogen) atoms. The third-order valence-electron chi connectivity index (χ3n) is 3.47. The van der Waals surface area contributed by atoms with E-state index in [-0.39, 0.29) is 24.7 Å². The molecule has 2 heterocycles. The van der Waals surface area contributed by atoms with E-state index in [2.05, 4.69) is 5.32 Å². The molecule has 0 aromatic carbocycles. The van der Waals surface area contributed by atoms with Crippen LogP contribution in [0.1, 0.15) is 20.8 Å². The highest BCUT2D eigenvalue weighted by Crippen LogP contribution is 2.31. The molecule has 1 amide bonds. The van der Waals surface area contributed by atoms with Crippen molar-refractivity contribution in [3.8, 4) is 0 Å². The topological polar surface area (TPSA) is 41.6 Å². The largest absolute Gasteiger partial charge is 0.444 e. The number of nitrogens with one attached hydrogen (secondary N) is 1. The standard InChI is InChI=1S/C12H21FN2O2/c1-12(2,3)17-11(16)15-6-8-5-14-10(4-13)9(8)7-15/h8-10,14H,4-7H2,1-3H3. The molecule has 0 spiro atoms. The second-order valence-electron chi connectivity index (χ2n) is 5.98. The van der Waals surface area contributed by atoms with Crippen molar-refractivity contribution in [1.29, 1.82) is 0 Å².